The summed E-state index contributed by atoms with van der Waals surface area (Å²) in [6.45, 7) is 8.31. The number of hydrogen-bond acceptors (Lipinski definition) is 3. The third-order valence-corrected chi connectivity index (χ3v) is 3.77. The van der Waals surface area contributed by atoms with E-state index in [4.69, 9.17) is 0 Å². The van der Waals surface area contributed by atoms with Crippen LogP contribution in [0.25, 0.3) is 0 Å². The first-order chi connectivity index (χ1) is 8.80. The van der Waals surface area contributed by atoms with Crippen molar-refractivity contribution in [3.05, 3.63) is 17.5 Å². The Labute approximate surface area is 114 Å². The van der Waals surface area contributed by atoms with Gasteiger partial charge in [-0.2, -0.15) is 5.10 Å². The molecular weight excluding hydrogens is 242 g/mol. The summed E-state index contributed by atoms with van der Waals surface area (Å²) in [5.41, 5.74) is 0.533. The molecule has 2 N–H and O–H groups in total. The van der Waals surface area contributed by atoms with Crippen LogP contribution >= 0.6 is 0 Å². The first-order valence-electron chi connectivity index (χ1n) is 6.89. The number of aromatic nitrogens is 2. The van der Waals surface area contributed by atoms with Crippen LogP contribution in [0, 0.1) is 0 Å². The van der Waals surface area contributed by atoms with Crippen molar-refractivity contribution >= 4 is 5.91 Å². The Morgan fingerprint density at radius 2 is 2.26 bits per heavy atom. The van der Waals surface area contributed by atoms with Crippen molar-refractivity contribution in [2.75, 3.05) is 6.54 Å². The first kappa shape index (κ1) is 14.1. The van der Waals surface area contributed by atoms with Crippen molar-refractivity contribution < 1.29 is 9.90 Å². The van der Waals surface area contributed by atoms with E-state index in [9.17, 15) is 9.90 Å². The summed E-state index contributed by atoms with van der Waals surface area (Å²) in [4.78, 5) is 14.2. The fourth-order valence-electron chi connectivity index (χ4n) is 2.63. The van der Waals surface area contributed by atoms with Crippen molar-refractivity contribution in [1.82, 2.24) is 15.1 Å². The molecule has 0 saturated carbocycles. The Balaban J connectivity index is 2.18. The largest absolute Gasteiger partial charge is 0.388 e. The highest BCUT2D eigenvalue weighted by Crippen LogP contribution is 2.28. The highest BCUT2D eigenvalue weighted by atomic mass is 16.3. The highest BCUT2D eigenvalue weighted by Gasteiger charge is 2.39. The minimum absolute atomic E-state index is 0.0900. The summed E-state index contributed by atoms with van der Waals surface area (Å²) in [6, 6.07) is 1.69. The number of aromatic amines is 1. The van der Waals surface area contributed by atoms with Gasteiger partial charge in [0.25, 0.3) is 5.91 Å². The fraction of sp³-hybridized carbons (Fsp3) is 0.714. The van der Waals surface area contributed by atoms with Crippen molar-refractivity contribution in [3.63, 3.8) is 0 Å². The topological polar surface area (TPSA) is 69.2 Å². The number of likely N-dealkylation sites (tertiary alicyclic amines) is 1. The zero-order valence-corrected chi connectivity index (χ0v) is 12.1. The average molecular weight is 265 g/mol. The summed E-state index contributed by atoms with van der Waals surface area (Å²) >= 11 is 0. The van der Waals surface area contributed by atoms with Gasteiger partial charge < -0.3 is 10.0 Å². The molecule has 106 valence electrons. The quantitative estimate of drug-likeness (QED) is 0.877. The summed E-state index contributed by atoms with van der Waals surface area (Å²) < 4.78 is 0. The Morgan fingerprint density at radius 1 is 1.58 bits per heavy atom. The van der Waals surface area contributed by atoms with Crippen LogP contribution in [0.1, 0.15) is 62.6 Å². The lowest BCUT2D eigenvalue weighted by Crippen LogP contribution is -2.48. The zero-order valence-electron chi connectivity index (χ0n) is 12.1. The Morgan fingerprint density at radius 3 is 2.79 bits per heavy atom. The fourth-order valence-corrected chi connectivity index (χ4v) is 2.63. The number of rotatable bonds is 3. The van der Waals surface area contributed by atoms with Gasteiger partial charge in [-0.1, -0.05) is 13.8 Å². The molecule has 1 amide bonds. The summed E-state index contributed by atoms with van der Waals surface area (Å²) in [5, 5.41) is 17.2. The second kappa shape index (κ2) is 4.96. The number of nitrogens with one attached hydrogen (secondary N) is 1. The lowest BCUT2D eigenvalue weighted by atomic mass is 9.96. The highest BCUT2D eigenvalue weighted by molar-refractivity contribution is 5.92. The zero-order chi connectivity index (χ0) is 14.2. The molecule has 1 aliphatic rings. The smallest absolute Gasteiger partial charge is 0.274 e. The molecule has 2 heterocycles. The van der Waals surface area contributed by atoms with Gasteiger partial charge >= 0.3 is 0 Å². The molecule has 2 rings (SSSR count). The van der Waals surface area contributed by atoms with E-state index in [-0.39, 0.29) is 11.9 Å². The number of carbonyl (C=O) groups is 1. The van der Waals surface area contributed by atoms with Crippen LogP contribution < -0.4 is 0 Å². The Hall–Kier alpha value is -1.36. The van der Waals surface area contributed by atoms with Crippen LogP contribution in [0.3, 0.4) is 0 Å². The Kier molecular flexibility index (Phi) is 3.67. The van der Waals surface area contributed by atoms with Crippen LogP contribution in [0.15, 0.2) is 6.07 Å². The van der Waals surface area contributed by atoms with E-state index >= 15 is 0 Å². The van der Waals surface area contributed by atoms with Gasteiger partial charge in [0.1, 0.15) is 5.69 Å². The maximum absolute atomic E-state index is 12.5. The van der Waals surface area contributed by atoms with Crippen molar-refractivity contribution in [3.8, 4) is 0 Å². The normalized spacial score (nSPS) is 20.3. The van der Waals surface area contributed by atoms with Crippen LogP contribution in [0.2, 0.25) is 0 Å². The van der Waals surface area contributed by atoms with E-state index < -0.39 is 5.60 Å². The molecule has 0 bridgehead atoms. The van der Waals surface area contributed by atoms with Gasteiger partial charge in [-0.3, -0.25) is 9.89 Å². The molecule has 1 fully saturated rings. The van der Waals surface area contributed by atoms with E-state index in [1.807, 2.05) is 6.07 Å². The number of nitrogens with zero attached hydrogens (tertiary/aromatic N) is 2. The molecule has 1 saturated heterocycles. The maximum Gasteiger partial charge on any atom is 0.274 e. The molecule has 1 aliphatic heterocycles. The molecule has 0 aromatic carbocycles. The molecule has 1 atom stereocenters. The van der Waals surface area contributed by atoms with Crippen LogP contribution in [-0.4, -0.2) is 44.3 Å². The monoisotopic (exact) mass is 265 g/mol. The molecule has 19 heavy (non-hydrogen) atoms. The summed E-state index contributed by atoms with van der Waals surface area (Å²) in [5.74, 6) is 0.227. The second-order valence-electron chi connectivity index (χ2n) is 6.17. The van der Waals surface area contributed by atoms with E-state index in [1.54, 1.807) is 18.7 Å². The lowest BCUT2D eigenvalue weighted by molar-refractivity contribution is 0.000117. The lowest BCUT2D eigenvalue weighted by Gasteiger charge is -2.33. The predicted molar refractivity (Wildman–Crippen MR) is 73.0 cm³/mol. The molecular formula is C14H23N3O2. The van der Waals surface area contributed by atoms with Gasteiger partial charge in [0.2, 0.25) is 0 Å². The van der Waals surface area contributed by atoms with E-state index in [2.05, 4.69) is 24.0 Å². The van der Waals surface area contributed by atoms with Crippen LogP contribution in [0.4, 0.5) is 0 Å². The maximum atomic E-state index is 12.5. The second-order valence-corrected chi connectivity index (χ2v) is 6.17. The first-order valence-corrected chi connectivity index (χ1v) is 6.89. The average Bonchev–Trinajstić information content (AvgIpc) is 2.96. The van der Waals surface area contributed by atoms with E-state index in [1.165, 1.54) is 0 Å². The molecule has 1 aromatic rings. The summed E-state index contributed by atoms with van der Waals surface area (Å²) in [6.07, 6.45) is 1.78. The number of carbonyl (C=O) groups excluding carboxylic acids is 1. The van der Waals surface area contributed by atoms with E-state index in [0.717, 1.165) is 18.5 Å². The van der Waals surface area contributed by atoms with Crippen molar-refractivity contribution in [1.29, 1.82) is 0 Å². The Bertz CT molecular complexity index is 460. The molecule has 1 aromatic heterocycles. The third-order valence-electron chi connectivity index (χ3n) is 3.77. The minimum atomic E-state index is -0.872. The van der Waals surface area contributed by atoms with Crippen molar-refractivity contribution in [2.24, 2.45) is 0 Å². The number of hydrogen-bond donors (Lipinski definition) is 2. The molecule has 1 unspecified atom stereocenters. The van der Waals surface area contributed by atoms with Gasteiger partial charge in [0.05, 0.1) is 11.6 Å². The molecule has 5 heteroatoms. The number of H-pyrrole nitrogens is 1. The SMILES string of the molecule is CC(C)c1cc(C(=O)N2CCCC2C(C)(C)O)n[nH]1. The molecule has 0 aliphatic carbocycles. The van der Waals surface area contributed by atoms with Gasteiger partial charge in [-0.15, -0.1) is 0 Å². The predicted octanol–water partition coefficient (Wildman–Crippen LogP) is 1.91. The molecule has 5 nitrogen and oxygen atoms in total. The van der Waals surface area contributed by atoms with Crippen molar-refractivity contribution in [2.45, 2.75) is 58.1 Å². The van der Waals surface area contributed by atoms with Crippen LogP contribution in [0.5, 0.6) is 0 Å². The standard InChI is InChI=1S/C14H23N3O2/c1-9(2)10-8-11(16-15-10)13(18)17-7-5-6-12(17)14(3,4)19/h8-9,12,19H,5-7H2,1-4H3,(H,15,16). The van der Waals surface area contributed by atoms with Gasteiger partial charge in [-0.05, 0) is 38.7 Å². The van der Waals surface area contributed by atoms with Gasteiger partial charge in [-0.25, -0.2) is 0 Å². The molecule has 0 radical (unpaired) electrons. The third kappa shape index (κ3) is 2.81. The van der Waals surface area contributed by atoms with Gasteiger partial charge in [0, 0.05) is 12.2 Å². The number of aliphatic hydroxyl groups is 1. The van der Waals surface area contributed by atoms with E-state index in [0.29, 0.717) is 18.2 Å². The van der Waals surface area contributed by atoms with Crippen LogP contribution in [-0.2, 0) is 0 Å². The molecule has 0 spiro atoms. The minimum Gasteiger partial charge on any atom is -0.388 e. The number of amides is 1. The van der Waals surface area contributed by atoms with Gasteiger partial charge in [0.15, 0.2) is 0 Å². The summed E-state index contributed by atoms with van der Waals surface area (Å²) in [7, 11) is 0.